The van der Waals surface area contributed by atoms with Gasteiger partial charge < -0.3 is 14.5 Å². The number of hydrogen-bond donors (Lipinski definition) is 0. The van der Waals surface area contributed by atoms with Crippen LogP contribution in [0.4, 0.5) is 10.5 Å². The van der Waals surface area contributed by atoms with Crippen molar-refractivity contribution in [2.45, 2.75) is 44.0 Å². The van der Waals surface area contributed by atoms with E-state index >= 15 is 0 Å². The highest BCUT2D eigenvalue weighted by Crippen LogP contribution is 2.35. The number of para-hydroxylation sites is 1. The minimum Gasteiger partial charge on any atom is -0.380 e. The Kier molecular flexibility index (Phi) is 3.76. The van der Waals surface area contributed by atoms with Crippen LogP contribution in [0, 0.1) is 0 Å². The number of carbonyl (C=O) groups is 3. The zero-order valence-electron chi connectivity index (χ0n) is 14.3. The third-order valence-electron chi connectivity index (χ3n) is 5.44. The molecule has 0 N–H and O–H groups in total. The summed E-state index contributed by atoms with van der Waals surface area (Å²) in [5, 5.41) is 0. The first-order chi connectivity index (χ1) is 12.0. The Balaban J connectivity index is 1.58. The monoisotopic (exact) mass is 343 g/mol. The van der Waals surface area contributed by atoms with Gasteiger partial charge in [0, 0.05) is 31.8 Å². The molecule has 3 aliphatic heterocycles. The van der Waals surface area contributed by atoms with Gasteiger partial charge in [-0.3, -0.25) is 9.59 Å². The second kappa shape index (κ2) is 5.84. The van der Waals surface area contributed by atoms with Crippen LogP contribution >= 0.6 is 0 Å². The molecule has 132 valence electrons. The van der Waals surface area contributed by atoms with Crippen LogP contribution < -0.4 is 4.90 Å². The molecule has 4 rings (SSSR count). The van der Waals surface area contributed by atoms with Crippen molar-refractivity contribution in [1.29, 1.82) is 0 Å². The zero-order valence-corrected chi connectivity index (χ0v) is 14.3. The molecular formula is C18H21N3O4. The van der Waals surface area contributed by atoms with Gasteiger partial charge in [0.05, 0.1) is 6.10 Å². The molecule has 0 aliphatic carbocycles. The van der Waals surface area contributed by atoms with Crippen LogP contribution in [-0.2, 0) is 14.3 Å². The van der Waals surface area contributed by atoms with E-state index < -0.39 is 12.1 Å². The summed E-state index contributed by atoms with van der Waals surface area (Å²) in [6, 6.07) is 7.72. The first kappa shape index (κ1) is 16.1. The molecule has 4 amide bonds. The maximum absolute atomic E-state index is 13.0. The Bertz CT molecular complexity index is 698. The molecule has 1 aromatic carbocycles. The van der Waals surface area contributed by atoms with E-state index in [1.54, 1.807) is 16.9 Å². The van der Waals surface area contributed by atoms with E-state index in [9.17, 15) is 14.4 Å². The number of carbonyl (C=O) groups excluding carboxylic acids is 3. The van der Waals surface area contributed by atoms with Gasteiger partial charge >= 0.3 is 6.03 Å². The van der Waals surface area contributed by atoms with Crippen LogP contribution in [0.15, 0.2) is 30.3 Å². The van der Waals surface area contributed by atoms with Crippen LogP contribution in [0.2, 0.25) is 0 Å². The molecule has 0 radical (unpaired) electrons. The lowest BCUT2D eigenvalue weighted by Crippen LogP contribution is -2.47. The van der Waals surface area contributed by atoms with E-state index in [2.05, 4.69) is 0 Å². The number of amides is 4. The number of anilines is 1. The number of urea groups is 1. The van der Waals surface area contributed by atoms with E-state index in [0.29, 0.717) is 19.4 Å². The fraction of sp³-hybridized carbons (Fsp3) is 0.500. The molecule has 3 heterocycles. The molecule has 25 heavy (non-hydrogen) atoms. The van der Waals surface area contributed by atoms with E-state index in [-0.39, 0.29) is 30.0 Å². The van der Waals surface area contributed by atoms with Crippen molar-refractivity contribution in [3.8, 4) is 0 Å². The Morgan fingerprint density at radius 2 is 1.64 bits per heavy atom. The number of nitrogens with zero attached hydrogens (tertiary/aromatic N) is 3. The highest BCUT2D eigenvalue weighted by molar-refractivity contribution is 6.11. The van der Waals surface area contributed by atoms with Crippen LogP contribution in [0.3, 0.4) is 0 Å². The Labute approximate surface area is 146 Å². The first-order valence-electron chi connectivity index (χ1n) is 8.57. The van der Waals surface area contributed by atoms with Gasteiger partial charge in [0.2, 0.25) is 0 Å². The third-order valence-corrected chi connectivity index (χ3v) is 5.44. The highest BCUT2D eigenvalue weighted by Gasteiger charge is 2.56. The Hall–Kier alpha value is -2.41. The number of methoxy groups -OCH3 is 1. The molecule has 0 spiro atoms. The molecule has 4 atom stereocenters. The molecule has 3 aliphatic rings. The van der Waals surface area contributed by atoms with Crippen molar-refractivity contribution < 1.29 is 19.1 Å². The lowest BCUT2D eigenvalue weighted by molar-refractivity contribution is -0.134. The van der Waals surface area contributed by atoms with E-state index in [4.69, 9.17) is 4.74 Å². The summed E-state index contributed by atoms with van der Waals surface area (Å²) in [6.45, 7) is 2.35. The fourth-order valence-corrected chi connectivity index (χ4v) is 4.19. The number of benzene rings is 1. The van der Waals surface area contributed by atoms with Crippen molar-refractivity contribution in [2.24, 2.45) is 0 Å². The quantitative estimate of drug-likeness (QED) is 0.774. The molecular weight excluding hydrogens is 322 g/mol. The second-order valence-electron chi connectivity index (χ2n) is 6.90. The predicted octanol–water partition coefficient (Wildman–Crippen LogP) is 1.23. The summed E-state index contributed by atoms with van der Waals surface area (Å²) < 4.78 is 5.28. The average molecular weight is 343 g/mol. The van der Waals surface area contributed by atoms with Gasteiger partial charge in [0.25, 0.3) is 11.8 Å². The van der Waals surface area contributed by atoms with Crippen molar-refractivity contribution in [3.05, 3.63) is 30.3 Å². The Morgan fingerprint density at radius 3 is 2.28 bits per heavy atom. The fourth-order valence-electron chi connectivity index (χ4n) is 4.19. The molecule has 7 nitrogen and oxygen atoms in total. The van der Waals surface area contributed by atoms with Gasteiger partial charge in [-0.2, -0.15) is 0 Å². The highest BCUT2D eigenvalue weighted by atomic mass is 16.5. The van der Waals surface area contributed by atoms with Crippen molar-refractivity contribution in [2.75, 3.05) is 18.6 Å². The molecule has 3 saturated heterocycles. The van der Waals surface area contributed by atoms with Gasteiger partial charge in [-0.25, -0.2) is 9.69 Å². The van der Waals surface area contributed by atoms with E-state index in [0.717, 1.165) is 5.69 Å². The SMILES string of the molecule is COC1CC2C(=O)N(C3CC(C)N(c4ccccc4)C3=O)C(=O)N2C1. The minimum absolute atomic E-state index is 0.0670. The van der Waals surface area contributed by atoms with Gasteiger partial charge in [-0.15, -0.1) is 0 Å². The van der Waals surface area contributed by atoms with E-state index in [1.165, 1.54) is 4.90 Å². The molecule has 0 saturated carbocycles. The lowest BCUT2D eigenvalue weighted by atomic mass is 10.1. The van der Waals surface area contributed by atoms with Crippen LogP contribution in [-0.4, -0.2) is 65.5 Å². The summed E-state index contributed by atoms with van der Waals surface area (Å²) in [7, 11) is 1.58. The summed E-state index contributed by atoms with van der Waals surface area (Å²) in [5.74, 6) is -0.463. The summed E-state index contributed by atoms with van der Waals surface area (Å²) in [5.41, 5.74) is 0.793. The van der Waals surface area contributed by atoms with Gasteiger partial charge in [-0.05, 0) is 25.5 Å². The largest absolute Gasteiger partial charge is 0.380 e. The topological polar surface area (TPSA) is 70.2 Å². The number of ether oxygens (including phenoxy) is 1. The molecule has 3 fully saturated rings. The number of hydrogen-bond acceptors (Lipinski definition) is 4. The van der Waals surface area contributed by atoms with Gasteiger partial charge in [0.1, 0.15) is 12.1 Å². The van der Waals surface area contributed by atoms with Crippen LogP contribution in [0.5, 0.6) is 0 Å². The number of fused-ring (bicyclic) bond motifs is 1. The van der Waals surface area contributed by atoms with Gasteiger partial charge in [0.15, 0.2) is 0 Å². The molecule has 0 bridgehead atoms. The second-order valence-corrected chi connectivity index (χ2v) is 6.90. The summed E-state index contributed by atoms with van der Waals surface area (Å²) in [4.78, 5) is 42.9. The third kappa shape index (κ3) is 2.33. The van der Waals surface area contributed by atoms with Crippen molar-refractivity contribution in [3.63, 3.8) is 0 Å². The normalized spacial score (nSPS) is 32.1. The molecule has 4 unspecified atom stereocenters. The van der Waals surface area contributed by atoms with Crippen molar-refractivity contribution >= 4 is 23.5 Å². The maximum Gasteiger partial charge on any atom is 0.328 e. The number of rotatable bonds is 3. The molecule has 0 aromatic heterocycles. The molecule has 7 heteroatoms. The predicted molar refractivity (Wildman–Crippen MR) is 89.9 cm³/mol. The summed E-state index contributed by atoms with van der Waals surface area (Å²) >= 11 is 0. The maximum atomic E-state index is 13.0. The average Bonchev–Trinajstić information content (AvgIpc) is 3.23. The molecule has 1 aromatic rings. The van der Waals surface area contributed by atoms with Crippen LogP contribution in [0.25, 0.3) is 0 Å². The van der Waals surface area contributed by atoms with Crippen LogP contribution in [0.1, 0.15) is 19.8 Å². The standard InChI is InChI=1S/C18H21N3O4/c1-11-8-15(17(23)20(11)12-6-4-3-5-7-12)21-16(22)14-9-13(25-2)10-19(14)18(21)24/h3-7,11,13-15H,8-10H2,1-2H3. The smallest absolute Gasteiger partial charge is 0.328 e. The minimum atomic E-state index is -0.721. The first-order valence-corrected chi connectivity index (χ1v) is 8.57. The lowest BCUT2D eigenvalue weighted by Gasteiger charge is -2.23. The van der Waals surface area contributed by atoms with E-state index in [1.807, 2.05) is 37.3 Å². The van der Waals surface area contributed by atoms with Gasteiger partial charge in [-0.1, -0.05) is 18.2 Å². The zero-order chi connectivity index (χ0) is 17.7. The number of imide groups is 1. The van der Waals surface area contributed by atoms with Crippen molar-refractivity contribution in [1.82, 2.24) is 9.80 Å². The Morgan fingerprint density at radius 1 is 0.960 bits per heavy atom. The summed E-state index contributed by atoms with van der Waals surface area (Å²) in [6.07, 6.45) is 0.842.